The highest BCUT2D eigenvalue weighted by atomic mass is 16.6. The predicted octanol–water partition coefficient (Wildman–Crippen LogP) is 4.88. The Labute approximate surface area is 158 Å². The third-order valence-electron chi connectivity index (χ3n) is 5.79. The first kappa shape index (κ1) is 19.2. The summed E-state index contributed by atoms with van der Waals surface area (Å²) in [5.41, 5.74) is 1.23. The van der Waals surface area contributed by atoms with Crippen molar-refractivity contribution in [1.29, 1.82) is 0 Å². The van der Waals surface area contributed by atoms with Crippen LogP contribution in [0.3, 0.4) is 0 Å². The molecule has 4 heteroatoms. The minimum absolute atomic E-state index is 0.168. The molecule has 0 bridgehead atoms. The Morgan fingerprint density at radius 1 is 1.15 bits per heavy atom. The number of hydrogen-bond acceptors (Lipinski definition) is 3. The molecular weight excluding hydrogens is 324 g/mol. The molecule has 1 saturated heterocycles. The topological polar surface area (TPSA) is 41.6 Å². The number of carbonyl (C=O) groups excluding carboxylic acids is 1. The first-order chi connectivity index (χ1) is 12.4. The standard InChI is InChI=1S/C22H34N2O2/c1-21(2,3)26-20(25)23-19-12-15-22(13-8-5-9-14-22)24(17-19)16-18-10-6-4-7-11-18/h4,6-7,10-11,19H,5,8-9,12-17H2,1-3H3,(H,23,25)/t19-/m0/s1. The molecule has 0 aromatic heterocycles. The predicted molar refractivity (Wildman–Crippen MR) is 105 cm³/mol. The van der Waals surface area contributed by atoms with E-state index in [1.54, 1.807) is 0 Å². The molecule has 1 atom stereocenters. The molecule has 2 aliphatic rings. The van der Waals surface area contributed by atoms with Crippen LogP contribution in [0.15, 0.2) is 30.3 Å². The van der Waals surface area contributed by atoms with Crippen molar-refractivity contribution in [2.24, 2.45) is 0 Å². The van der Waals surface area contributed by atoms with Crippen molar-refractivity contribution in [2.75, 3.05) is 6.54 Å². The number of rotatable bonds is 3. The Bertz CT molecular complexity index is 588. The number of nitrogens with one attached hydrogen (secondary N) is 1. The van der Waals surface area contributed by atoms with Crippen LogP contribution in [0.25, 0.3) is 0 Å². The average Bonchev–Trinajstić information content (AvgIpc) is 2.58. The molecule has 1 aliphatic heterocycles. The summed E-state index contributed by atoms with van der Waals surface area (Å²) in [6.07, 6.45) is 8.52. The highest BCUT2D eigenvalue weighted by Crippen LogP contribution is 2.41. The zero-order valence-corrected chi connectivity index (χ0v) is 16.6. The average molecular weight is 359 g/mol. The SMILES string of the molecule is CC(C)(C)OC(=O)N[C@H]1CCC2(CCCCC2)N(Cc2ccccc2)C1. The lowest BCUT2D eigenvalue weighted by molar-refractivity contribution is -0.00873. The summed E-state index contributed by atoms with van der Waals surface area (Å²) in [7, 11) is 0. The number of hydrogen-bond donors (Lipinski definition) is 1. The monoisotopic (exact) mass is 358 g/mol. The van der Waals surface area contributed by atoms with Crippen LogP contribution >= 0.6 is 0 Å². The van der Waals surface area contributed by atoms with Crippen LogP contribution in [0.4, 0.5) is 4.79 Å². The van der Waals surface area contributed by atoms with Crippen molar-refractivity contribution in [3.8, 4) is 0 Å². The lowest BCUT2D eigenvalue weighted by Crippen LogP contribution is -2.59. The summed E-state index contributed by atoms with van der Waals surface area (Å²) in [5.74, 6) is 0. The van der Waals surface area contributed by atoms with Gasteiger partial charge in [0.15, 0.2) is 0 Å². The third-order valence-corrected chi connectivity index (χ3v) is 5.79. The fourth-order valence-electron chi connectivity index (χ4n) is 4.56. The van der Waals surface area contributed by atoms with Crippen LogP contribution in [0.1, 0.15) is 71.3 Å². The zero-order valence-electron chi connectivity index (χ0n) is 16.6. The van der Waals surface area contributed by atoms with Gasteiger partial charge in [0, 0.05) is 24.7 Å². The summed E-state index contributed by atoms with van der Waals surface area (Å²) in [6, 6.07) is 10.9. The van der Waals surface area contributed by atoms with Crippen LogP contribution < -0.4 is 5.32 Å². The van der Waals surface area contributed by atoms with Crippen LogP contribution in [0.5, 0.6) is 0 Å². The molecule has 1 saturated carbocycles. The number of ether oxygens (including phenoxy) is 1. The smallest absolute Gasteiger partial charge is 0.407 e. The molecule has 0 unspecified atom stereocenters. The van der Waals surface area contributed by atoms with Crippen LogP contribution in [-0.2, 0) is 11.3 Å². The Morgan fingerprint density at radius 3 is 2.50 bits per heavy atom. The molecular formula is C22H34N2O2. The molecule has 144 valence electrons. The summed E-state index contributed by atoms with van der Waals surface area (Å²) in [6.45, 7) is 7.60. The third kappa shape index (κ3) is 5.00. The van der Waals surface area contributed by atoms with E-state index in [2.05, 4.69) is 40.5 Å². The number of amides is 1. The van der Waals surface area contributed by atoms with E-state index in [9.17, 15) is 4.79 Å². The Hall–Kier alpha value is -1.55. The summed E-state index contributed by atoms with van der Waals surface area (Å²) in [4.78, 5) is 14.9. The van der Waals surface area contributed by atoms with Crippen molar-refractivity contribution in [1.82, 2.24) is 10.2 Å². The van der Waals surface area contributed by atoms with Gasteiger partial charge in [0.1, 0.15) is 5.60 Å². The van der Waals surface area contributed by atoms with Gasteiger partial charge in [-0.3, -0.25) is 4.90 Å². The van der Waals surface area contributed by atoms with E-state index in [1.807, 2.05) is 20.8 Å². The van der Waals surface area contributed by atoms with Crippen molar-refractivity contribution in [2.45, 2.75) is 89.4 Å². The van der Waals surface area contributed by atoms with Crippen molar-refractivity contribution in [3.05, 3.63) is 35.9 Å². The molecule has 1 spiro atoms. The second-order valence-corrected chi connectivity index (χ2v) is 9.03. The quantitative estimate of drug-likeness (QED) is 0.837. The summed E-state index contributed by atoms with van der Waals surface area (Å²) in [5, 5.41) is 3.11. The molecule has 1 aromatic rings. The van der Waals surface area contributed by atoms with E-state index in [0.29, 0.717) is 5.54 Å². The molecule has 26 heavy (non-hydrogen) atoms. The number of alkyl carbamates (subject to hydrolysis) is 1. The Morgan fingerprint density at radius 2 is 1.85 bits per heavy atom. The highest BCUT2D eigenvalue weighted by molar-refractivity contribution is 5.68. The van der Waals surface area contributed by atoms with Crippen LogP contribution in [-0.4, -0.2) is 34.7 Å². The molecule has 2 fully saturated rings. The molecule has 4 nitrogen and oxygen atoms in total. The minimum atomic E-state index is -0.451. The summed E-state index contributed by atoms with van der Waals surface area (Å²) < 4.78 is 5.46. The van der Waals surface area contributed by atoms with Crippen molar-refractivity contribution in [3.63, 3.8) is 0 Å². The van der Waals surface area contributed by atoms with E-state index >= 15 is 0 Å². The second-order valence-electron chi connectivity index (χ2n) is 9.03. The lowest BCUT2D eigenvalue weighted by atomic mass is 9.73. The van der Waals surface area contributed by atoms with E-state index in [1.165, 1.54) is 44.1 Å². The fraction of sp³-hybridized carbons (Fsp3) is 0.682. The van der Waals surface area contributed by atoms with Gasteiger partial charge < -0.3 is 10.1 Å². The van der Waals surface area contributed by atoms with Gasteiger partial charge in [-0.25, -0.2) is 4.79 Å². The molecule has 1 amide bonds. The molecule has 3 rings (SSSR count). The largest absolute Gasteiger partial charge is 0.444 e. The maximum atomic E-state index is 12.2. The van der Waals surface area contributed by atoms with Crippen molar-refractivity contribution < 1.29 is 9.53 Å². The second kappa shape index (κ2) is 7.99. The summed E-state index contributed by atoms with van der Waals surface area (Å²) >= 11 is 0. The first-order valence-corrected chi connectivity index (χ1v) is 10.1. The van der Waals surface area contributed by atoms with Gasteiger partial charge >= 0.3 is 6.09 Å². The number of likely N-dealkylation sites (tertiary alicyclic amines) is 1. The lowest BCUT2D eigenvalue weighted by Gasteiger charge is -2.52. The van der Waals surface area contributed by atoms with Gasteiger partial charge in [0.05, 0.1) is 0 Å². The van der Waals surface area contributed by atoms with Crippen molar-refractivity contribution >= 4 is 6.09 Å². The fourth-order valence-corrected chi connectivity index (χ4v) is 4.56. The van der Waals surface area contributed by atoms with Gasteiger partial charge in [-0.05, 0) is 52.0 Å². The van der Waals surface area contributed by atoms with E-state index in [4.69, 9.17) is 4.74 Å². The number of nitrogens with zero attached hydrogens (tertiary/aromatic N) is 1. The molecule has 1 N–H and O–H groups in total. The minimum Gasteiger partial charge on any atom is -0.444 e. The van der Waals surface area contributed by atoms with Gasteiger partial charge in [0.25, 0.3) is 0 Å². The van der Waals surface area contributed by atoms with Gasteiger partial charge in [-0.1, -0.05) is 49.6 Å². The highest BCUT2D eigenvalue weighted by Gasteiger charge is 2.42. The molecule has 0 radical (unpaired) electrons. The normalized spacial score (nSPS) is 23.6. The van der Waals surface area contributed by atoms with Crippen LogP contribution in [0.2, 0.25) is 0 Å². The van der Waals surface area contributed by atoms with E-state index in [-0.39, 0.29) is 12.1 Å². The first-order valence-electron chi connectivity index (χ1n) is 10.1. The van der Waals surface area contributed by atoms with Gasteiger partial charge in [-0.15, -0.1) is 0 Å². The molecule has 1 aromatic carbocycles. The van der Waals surface area contributed by atoms with Gasteiger partial charge in [-0.2, -0.15) is 0 Å². The van der Waals surface area contributed by atoms with E-state index < -0.39 is 5.60 Å². The molecule has 1 aliphatic carbocycles. The number of benzene rings is 1. The maximum Gasteiger partial charge on any atom is 0.407 e. The Kier molecular flexibility index (Phi) is 5.91. The van der Waals surface area contributed by atoms with Gasteiger partial charge in [0.2, 0.25) is 0 Å². The van der Waals surface area contributed by atoms with E-state index in [0.717, 1.165) is 19.5 Å². The number of piperidine rings is 1. The molecule has 1 heterocycles. The Balaban J connectivity index is 1.68. The maximum absolute atomic E-state index is 12.2. The van der Waals surface area contributed by atoms with Crippen LogP contribution in [0, 0.1) is 0 Å². The number of carbonyl (C=O) groups is 1. The zero-order chi connectivity index (χ0) is 18.6.